The van der Waals surface area contributed by atoms with Gasteiger partial charge in [0.2, 0.25) is 0 Å². The zero-order chi connectivity index (χ0) is 24.6. The number of hydrogen-bond acceptors (Lipinski definition) is 5. The molecule has 8 heteroatoms. The van der Waals surface area contributed by atoms with Gasteiger partial charge >= 0.3 is 6.03 Å². The van der Waals surface area contributed by atoms with Crippen molar-refractivity contribution < 1.29 is 4.79 Å². The Morgan fingerprint density at radius 1 is 1.21 bits per heavy atom. The first-order valence-corrected chi connectivity index (χ1v) is 11.1. The zero-order valence-electron chi connectivity index (χ0n) is 19.8. The minimum Gasteiger partial charge on any atom is -0.362 e. The number of aryl methyl sites for hydroxylation is 1. The molecule has 0 spiro atoms. The molecule has 0 unspecified atom stereocenters. The maximum Gasteiger partial charge on any atom is 0.319 e. The Morgan fingerprint density at radius 2 is 1.91 bits per heavy atom. The first kappa shape index (κ1) is 26.2. The van der Waals surface area contributed by atoms with E-state index in [4.69, 9.17) is 5.26 Å². The number of nitriles is 1. The maximum absolute atomic E-state index is 11.8. The summed E-state index contributed by atoms with van der Waals surface area (Å²) in [4.78, 5) is 20.5. The molecule has 0 radical (unpaired) electrons. The summed E-state index contributed by atoms with van der Waals surface area (Å²) in [5.74, 6) is 0. The van der Waals surface area contributed by atoms with E-state index in [1.165, 1.54) is 5.56 Å². The number of aromatic amines is 1. The summed E-state index contributed by atoms with van der Waals surface area (Å²) < 4.78 is 0. The molecule has 4 N–H and O–H groups in total. The first-order valence-electron chi connectivity index (χ1n) is 11.1. The fourth-order valence-electron chi connectivity index (χ4n) is 3.19. The number of aromatic nitrogens is 2. The van der Waals surface area contributed by atoms with Crippen molar-refractivity contribution in [2.45, 2.75) is 25.8 Å². The number of nitrogens with zero attached hydrogens (tertiary/aromatic N) is 3. The van der Waals surface area contributed by atoms with E-state index in [0.717, 1.165) is 31.6 Å². The van der Waals surface area contributed by atoms with E-state index in [2.05, 4.69) is 57.4 Å². The van der Waals surface area contributed by atoms with Gasteiger partial charge in [0.15, 0.2) is 0 Å². The van der Waals surface area contributed by atoms with Crippen molar-refractivity contribution in [3.8, 4) is 6.07 Å². The van der Waals surface area contributed by atoms with Gasteiger partial charge in [-0.05, 0) is 82.0 Å². The van der Waals surface area contributed by atoms with Crippen molar-refractivity contribution in [3.63, 3.8) is 0 Å². The van der Waals surface area contributed by atoms with E-state index in [1.807, 2.05) is 24.3 Å². The number of carbonyl (C=O) groups is 1. The van der Waals surface area contributed by atoms with Gasteiger partial charge in [-0.15, -0.1) is 0 Å². The summed E-state index contributed by atoms with van der Waals surface area (Å²) in [6, 6.07) is 17.0. The molecule has 2 heterocycles. The number of benzene rings is 2. The minimum atomic E-state index is -0.181. The third-order valence-electron chi connectivity index (χ3n) is 5.13. The van der Waals surface area contributed by atoms with Crippen molar-refractivity contribution in [2.75, 3.05) is 30.8 Å². The minimum absolute atomic E-state index is 0.181. The summed E-state index contributed by atoms with van der Waals surface area (Å²) in [5.41, 5.74) is 3.64. The summed E-state index contributed by atoms with van der Waals surface area (Å²) in [6.07, 6.45) is 8.73. The van der Waals surface area contributed by atoms with E-state index in [-0.39, 0.29) is 12.1 Å². The molecule has 1 aliphatic heterocycles. The summed E-state index contributed by atoms with van der Waals surface area (Å²) in [5, 5.41) is 17.5. The van der Waals surface area contributed by atoms with Crippen molar-refractivity contribution >= 4 is 17.4 Å². The lowest BCUT2D eigenvalue weighted by atomic mass is 10.1. The predicted octanol–water partition coefficient (Wildman–Crippen LogP) is 4.73. The topological polar surface area (TPSA) is 109 Å². The Labute approximate surface area is 201 Å². The summed E-state index contributed by atoms with van der Waals surface area (Å²) in [7, 11) is 2.09. The summed E-state index contributed by atoms with van der Waals surface area (Å²) in [6.45, 7) is 7.68. The lowest BCUT2D eigenvalue weighted by Crippen LogP contribution is -2.44. The van der Waals surface area contributed by atoms with Crippen LogP contribution in [0.3, 0.4) is 0 Å². The zero-order valence-corrected chi connectivity index (χ0v) is 19.8. The number of carbonyl (C=O) groups excluding carboxylic acids is 1. The molecule has 8 nitrogen and oxygen atoms in total. The lowest BCUT2D eigenvalue weighted by molar-refractivity contribution is 0.221. The quantitative estimate of drug-likeness (QED) is 0.451. The van der Waals surface area contributed by atoms with Crippen molar-refractivity contribution in [3.05, 3.63) is 91.2 Å². The van der Waals surface area contributed by atoms with Crippen LogP contribution in [-0.4, -0.2) is 47.1 Å². The van der Waals surface area contributed by atoms with Crippen LogP contribution in [0.5, 0.6) is 0 Å². The molecule has 4 rings (SSSR count). The van der Waals surface area contributed by atoms with E-state index in [9.17, 15) is 4.79 Å². The fourth-order valence-corrected chi connectivity index (χ4v) is 3.19. The Bertz CT molecular complexity index is 1000. The number of likely N-dealkylation sites (tertiary alicyclic amines) is 1. The molecule has 178 valence electrons. The van der Waals surface area contributed by atoms with Gasteiger partial charge in [0.25, 0.3) is 0 Å². The number of H-pyrrole nitrogens is 1. The molecule has 0 atom stereocenters. The molecule has 1 fully saturated rings. The Balaban J connectivity index is 0.000000224. The summed E-state index contributed by atoms with van der Waals surface area (Å²) >= 11 is 0. The highest BCUT2D eigenvalue weighted by molar-refractivity contribution is 5.89. The second kappa shape index (κ2) is 14.9. The van der Waals surface area contributed by atoms with Crippen LogP contribution >= 0.6 is 0 Å². The fraction of sp³-hybridized carbons (Fsp3) is 0.269. The monoisotopic (exact) mass is 459 g/mol. The SMILES string of the molecule is C=CNc1ccccc1C.CN1CCC(NC(=O)Nc2ccc(C#N)cc2)CC1.c1c[nH]cn1. The molecule has 3 aromatic rings. The lowest BCUT2D eigenvalue weighted by Gasteiger charge is -2.29. The number of para-hydroxylation sites is 1. The molecular formula is C26H33N7O. The number of amides is 2. The standard InChI is InChI=1S/C14H18N4O.C9H11N.C3H4N2/c1-18-8-6-13(7-9-18)17-14(19)16-12-4-2-11(10-15)3-5-12;1-3-10-9-7-5-4-6-8(9)2;1-2-5-3-4-1/h2-5,13H,6-9H2,1H3,(H2,16,17,19);3-7,10H,1H2,2H3;1-3H,(H,4,5). The van der Waals surface area contributed by atoms with Gasteiger partial charge in [-0.25, -0.2) is 9.78 Å². The normalized spacial score (nSPS) is 13.1. The number of imidazole rings is 1. The number of nitrogens with one attached hydrogen (secondary N) is 4. The first-order chi connectivity index (χ1) is 16.5. The van der Waals surface area contributed by atoms with Crippen LogP contribution in [0, 0.1) is 18.3 Å². The number of hydrogen-bond donors (Lipinski definition) is 4. The van der Waals surface area contributed by atoms with E-state index in [0.29, 0.717) is 11.3 Å². The smallest absolute Gasteiger partial charge is 0.319 e. The van der Waals surface area contributed by atoms with Gasteiger partial charge in [0, 0.05) is 29.8 Å². The van der Waals surface area contributed by atoms with Crippen LogP contribution in [0.1, 0.15) is 24.0 Å². The van der Waals surface area contributed by atoms with Crippen molar-refractivity contribution in [1.29, 1.82) is 5.26 Å². The Kier molecular flexibility index (Phi) is 11.4. The van der Waals surface area contributed by atoms with Gasteiger partial charge in [-0.3, -0.25) is 0 Å². The molecular weight excluding hydrogens is 426 g/mol. The van der Waals surface area contributed by atoms with Gasteiger partial charge in [0.1, 0.15) is 0 Å². The number of anilines is 2. The van der Waals surface area contributed by atoms with Crippen LogP contribution in [-0.2, 0) is 0 Å². The van der Waals surface area contributed by atoms with Crippen molar-refractivity contribution in [2.24, 2.45) is 0 Å². The van der Waals surface area contributed by atoms with Crippen LogP contribution in [0.4, 0.5) is 16.2 Å². The molecule has 34 heavy (non-hydrogen) atoms. The van der Waals surface area contributed by atoms with Gasteiger partial charge in [-0.1, -0.05) is 24.8 Å². The average molecular weight is 460 g/mol. The van der Waals surface area contributed by atoms with Crippen LogP contribution in [0.15, 0.2) is 80.0 Å². The number of urea groups is 1. The average Bonchev–Trinajstić information content (AvgIpc) is 3.44. The molecule has 1 aromatic heterocycles. The molecule has 2 aromatic carbocycles. The van der Waals surface area contributed by atoms with E-state index >= 15 is 0 Å². The maximum atomic E-state index is 11.8. The van der Waals surface area contributed by atoms with Crippen LogP contribution < -0.4 is 16.0 Å². The Morgan fingerprint density at radius 3 is 2.44 bits per heavy atom. The van der Waals surface area contributed by atoms with Crippen LogP contribution in [0.25, 0.3) is 0 Å². The van der Waals surface area contributed by atoms with E-state index in [1.54, 1.807) is 49.2 Å². The third-order valence-corrected chi connectivity index (χ3v) is 5.13. The van der Waals surface area contributed by atoms with Crippen molar-refractivity contribution in [1.82, 2.24) is 20.2 Å². The van der Waals surface area contributed by atoms with Crippen LogP contribution in [0.2, 0.25) is 0 Å². The third kappa shape index (κ3) is 10.0. The second-order valence-corrected chi connectivity index (χ2v) is 7.79. The molecule has 1 aliphatic rings. The molecule has 0 aliphatic carbocycles. The van der Waals surface area contributed by atoms with Gasteiger partial charge < -0.3 is 25.8 Å². The highest BCUT2D eigenvalue weighted by atomic mass is 16.2. The second-order valence-electron chi connectivity index (χ2n) is 7.79. The number of rotatable bonds is 4. The highest BCUT2D eigenvalue weighted by Gasteiger charge is 2.18. The molecule has 0 bridgehead atoms. The molecule has 1 saturated heterocycles. The number of piperidine rings is 1. The largest absolute Gasteiger partial charge is 0.362 e. The van der Waals surface area contributed by atoms with Gasteiger partial charge in [-0.2, -0.15) is 5.26 Å². The molecule has 2 amide bonds. The highest BCUT2D eigenvalue weighted by Crippen LogP contribution is 2.12. The van der Waals surface area contributed by atoms with Gasteiger partial charge in [0.05, 0.1) is 18.0 Å². The Hall–Kier alpha value is -4.09. The molecule has 0 saturated carbocycles. The van der Waals surface area contributed by atoms with E-state index < -0.39 is 0 Å². The predicted molar refractivity (Wildman–Crippen MR) is 137 cm³/mol.